The van der Waals surface area contributed by atoms with Crippen molar-refractivity contribution in [3.63, 3.8) is 0 Å². The largest absolute Gasteiger partial charge is 0.393 e. The molecule has 1 amide bonds. The van der Waals surface area contributed by atoms with Gasteiger partial charge in [0, 0.05) is 6.04 Å². The highest BCUT2D eigenvalue weighted by Gasteiger charge is 2.23. The molecule has 0 unspecified atom stereocenters. The second kappa shape index (κ2) is 7.13. The van der Waals surface area contributed by atoms with Crippen molar-refractivity contribution in [1.29, 1.82) is 0 Å². The standard InChI is InChI=1S/C18H22FN3O2/c1-2-17-16(18(24)21-13-5-9-15(23)10-6-13)11-20-22(17)14-7-3-12(19)4-8-14/h3-4,7-8,11,13,15,23H,2,5-6,9-10H2,1H3,(H,21,24). The third-order valence-electron chi connectivity index (χ3n) is 4.55. The number of aliphatic hydroxyl groups excluding tert-OH is 1. The molecule has 0 aliphatic heterocycles. The quantitative estimate of drug-likeness (QED) is 0.905. The summed E-state index contributed by atoms with van der Waals surface area (Å²) in [6.45, 7) is 1.96. The lowest BCUT2D eigenvalue weighted by molar-refractivity contribution is 0.0867. The van der Waals surface area contributed by atoms with Crippen LogP contribution in [0.5, 0.6) is 0 Å². The number of nitrogens with zero attached hydrogens (tertiary/aromatic N) is 2. The molecule has 5 nitrogen and oxygen atoms in total. The van der Waals surface area contributed by atoms with Crippen molar-refractivity contribution in [1.82, 2.24) is 15.1 Å². The maximum Gasteiger partial charge on any atom is 0.254 e. The van der Waals surface area contributed by atoms with E-state index in [2.05, 4.69) is 10.4 Å². The van der Waals surface area contributed by atoms with E-state index < -0.39 is 0 Å². The lowest BCUT2D eigenvalue weighted by Gasteiger charge is -2.26. The highest BCUT2D eigenvalue weighted by Crippen LogP contribution is 2.20. The first-order valence-corrected chi connectivity index (χ1v) is 8.40. The number of carbonyl (C=O) groups excluding carboxylic acids is 1. The molecule has 1 fully saturated rings. The van der Waals surface area contributed by atoms with E-state index in [-0.39, 0.29) is 23.9 Å². The molecule has 0 spiro atoms. The summed E-state index contributed by atoms with van der Waals surface area (Å²) in [5.74, 6) is -0.442. The number of hydrogen-bond donors (Lipinski definition) is 2. The fourth-order valence-electron chi connectivity index (χ4n) is 3.19. The topological polar surface area (TPSA) is 67.2 Å². The fourth-order valence-corrected chi connectivity index (χ4v) is 3.19. The second-order valence-corrected chi connectivity index (χ2v) is 6.23. The van der Waals surface area contributed by atoms with Gasteiger partial charge in [0.15, 0.2) is 0 Å². The second-order valence-electron chi connectivity index (χ2n) is 6.23. The van der Waals surface area contributed by atoms with Gasteiger partial charge in [-0.1, -0.05) is 6.92 Å². The van der Waals surface area contributed by atoms with Gasteiger partial charge in [0.2, 0.25) is 0 Å². The number of amides is 1. The van der Waals surface area contributed by atoms with Gasteiger partial charge in [-0.2, -0.15) is 5.10 Å². The van der Waals surface area contributed by atoms with Gasteiger partial charge < -0.3 is 10.4 Å². The van der Waals surface area contributed by atoms with E-state index in [1.165, 1.54) is 12.1 Å². The zero-order valence-electron chi connectivity index (χ0n) is 13.7. The average Bonchev–Trinajstić information content (AvgIpc) is 3.01. The third kappa shape index (κ3) is 3.48. The predicted molar refractivity (Wildman–Crippen MR) is 88.6 cm³/mol. The molecular weight excluding hydrogens is 309 g/mol. The predicted octanol–water partition coefficient (Wildman–Crippen LogP) is 2.61. The van der Waals surface area contributed by atoms with Gasteiger partial charge in [-0.05, 0) is 56.4 Å². The van der Waals surface area contributed by atoms with Crippen LogP contribution < -0.4 is 5.32 Å². The van der Waals surface area contributed by atoms with Crippen LogP contribution in [0.25, 0.3) is 5.69 Å². The summed E-state index contributed by atoms with van der Waals surface area (Å²) in [5.41, 5.74) is 2.08. The maximum absolute atomic E-state index is 13.1. The molecule has 2 N–H and O–H groups in total. The summed E-state index contributed by atoms with van der Waals surface area (Å²) in [7, 11) is 0. The van der Waals surface area contributed by atoms with E-state index in [0.29, 0.717) is 12.0 Å². The normalized spacial score (nSPS) is 20.8. The van der Waals surface area contributed by atoms with Crippen molar-refractivity contribution in [2.75, 3.05) is 0 Å². The van der Waals surface area contributed by atoms with Crippen LogP contribution in [0.3, 0.4) is 0 Å². The number of hydrogen-bond acceptors (Lipinski definition) is 3. The van der Waals surface area contributed by atoms with Crippen LogP contribution in [0.1, 0.15) is 48.7 Å². The van der Waals surface area contributed by atoms with Gasteiger partial charge in [0.05, 0.1) is 29.2 Å². The number of nitrogens with one attached hydrogen (secondary N) is 1. The van der Waals surface area contributed by atoms with Gasteiger partial charge in [-0.3, -0.25) is 4.79 Å². The minimum atomic E-state index is -0.304. The summed E-state index contributed by atoms with van der Waals surface area (Å²) in [6, 6.07) is 6.14. The van der Waals surface area contributed by atoms with E-state index in [9.17, 15) is 14.3 Å². The monoisotopic (exact) mass is 331 g/mol. The lowest BCUT2D eigenvalue weighted by atomic mass is 9.93. The number of aliphatic hydroxyl groups is 1. The SMILES string of the molecule is CCc1c(C(=O)NC2CCC(O)CC2)cnn1-c1ccc(F)cc1. The zero-order valence-corrected chi connectivity index (χ0v) is 13.7. The Morgan fingerprint density at radius 1 is 1.29 bits per heavy atom. The van der Waals surface area contributed by atoms with E-state index in [0.717, 1.165) is 37.1 Å². The molecule has 0 saturated heterocycles. The van der Waals surface area contributed by atoms with E-state index in [1.807, 2.05) is 6.92 Å². The van der Waals surface area contributed by atoms with Crippen LogP contribution in [-0.4, -0.2) is 32.9 Å². The molecule has 1 saturated carbocycles. The van der Waals surface area contributed by atoms with Crippen LogP contribution >= 0.6 is 0 Å². The first-order chi connectivity index (χ1) is 11.6. The number of halogens is 1. The molecule has 1 aromatic heterocycles. The highest BCUT2D eigenvalue weighted by atomic mass is 19.1. The van der Waals surface area contributed by atoms with Gasteiger partial charge in [-0.25, -0.2) is 9.07 Å². The Kier molecular flexibility index (Phi) is 4.94. The molecule has 1 heterocycles. The Hall–Kier alpha value is -2.21. The van der Waals surface area contributed by atoms with Crippen molar-refractivity contribution >= 4 is 5.91 Å². The van der Waals surface area contributed by atoms with Gasteiger partial charge in [0.1, 0.15) is 5.82 Å². The number of aromatic nitrogens is 2. The smallest absolute Gasteiger partial charge is 0.254 e. The zero-order chi connectivity index (χ0) is 17.1. The van der Waals surface area contributed by atoms with Crippen molar-refractivity contribution in [3.8, 4) is 5.69 Å². The minimum Gasteiger partial charge on any atom is -0.393 e. The average molecular weight is 331 g/mol. The van der Waals surface area contributed by atoms with Crippen LogP contribution in [0.15, 0.2) is 30.5 Å². The maximum atomic E-state index is 13.1. The fraction of sp³-hybridized carbons (Fsp3) is 0.444. The summed E-state index contributed by atoms with van der Waals surface area (Å²) >= 11 is 0. The van der Waals surface area contributed by atoms with Crippen LogP contribution in [0.2, 0.25) is 0 Å². The van der Waals surface area contributed by atoms with E-state index in [1.54, 1.807) is 23.0 Å². The molecule has 1 aliphatic rings. The molecule has 0 bridgehead atoms. The van der Waals surface area contributed by atoms with Gasteiger partial charge >= 0.3 is 0 Å². The Morgan fingerprint density at radius 2 is 1.96 bits per heavy atom. The van der Waals surface area contributed by atoms with Crippen molar-refractivity contribution in [3.05, 3.63) is 47.5 Å². The number of benzene rings is 1. The van der Waals surface area contributed by atoms with Gasteiger partial charge in [0.25, 0.3) is 5.91 Å². The minimum absolute atomic E-state index is 0.0970. The highest BCUT2D eigenvalue weighted by molar-refractivity contribution is 5.95. The first-order valence-electron chi connectivity index (χ1n) is 8.40. The van der Waals surface area contributed by atoms with Crippen molar-refractivity contribution in [2.24, 2.45) is 0 Å². The van der Waals surface area contributed by atoms with E-state index >= 15 is 0 Å². The Bertz CT molecular complexity index is 704. The van der Waals surface area contributed by atoms with Gasteiger partial charge in [-0.15, -0.1) is 0 Å². The van der Waals surface area contributed by atoms with Crippen molar-refractivity contribution in [2.45, 2.75) is 51.2 Å². The lowest BCUT2D eigenvalue weighted by Crippen LogP contribution is -2.38. The Balaban J connectivity index is 1.78. The molecule has 0 atom stereocenters. The van der Waals surface area contributed by atoms with Crippen molar-refractivity contribution < 1.29 is 14.3 Å². The summed E-state index contributed by atoms with van der Waals surface area (Å²) in [6.07, 6.45) is 4.99. The number of rotatable bonds is 4. The molecule has 2 aromatic rings. The molecular formula is C18H22FN3O2. The summed E-state index contributed by atoms with van der Waals surface area (Å²) in [5, 5.41) is 16.9. The Morgan fingerprint density at radius 3 is 2.58 bits per heavy atom. The third-order valence-corrected chi connectivity index (χ3v) is 4.55. The molecule has 1 aliphatic carbocycles. The molecule has 0 radical (unpaired) electrons. The Labute approximate surface area is 140 Å². The first kappa shape index (κ1) is 16.6. The van der Waals surface area contributed by atoms with E-state index in [4.69, 9.17) is 0 Å². The van der Waals surface area contributed by atoms with Crippen LogP contribution in [0, 0.1) is 5.82 Å². The van der Waals surface area contributed by atoms with Crippen LogP contribution in [0.4, 0.5) is 4.39 Å². The van der Waals surface area contributed by atoms with Crippen LogP contribution in [-0.2, 0) is 6.42 Å². The summed E-state index contributed by atoms with van der Waals surface area (Å²) in [4.78, 5) is 12.6. The molecule has 1 aromatic carbocycles. The molecule has 6 heteroatoms. The molecule has 3 rings (SSSR count). The summed E-state index contributed by atoms with van der Waals surface area (Å²) < 4.78 is 14.8. The number of carbonyl (C=O) groups is 1. The molecule has 128 valence electrons. The molecule has 24 heavy (non-hydrogen) atoms.